The predicted molar refractivity (Wildman–Crippen MR) is 132 cm³/mol. The smallest absolute Gasteiger partial charge is 0.307 e. The molecule has 0 atom stereocenters. The lowest BCUT2D eigenvalue weighted by molar-refractivity contribution is -0.647. The maximum Gasteiger partial charge on any atom is 0.307 e. The van der Waals surface area contributed by atoms with Crippen LogP contribution >= 0.6 is 0 Å². The van der Waals surface area contributed by atoms with Crippen molar-refractivity contribution in [2.24, 2.45) is 7.05 Å². The SMILES string of the molecule is CC(C)=CCC/C(C)=C/CC/C(C)=C/CC/C(C)=C/Cn1c[n+](C)c2ncnc(N)c21.[Cl-]. The molecule has 0 aliphatic heterocycles. The van der Waals surface area contributed by atoms with Crippen LogP contribution in [0.5, 0.6) is 0 Å². The Morgan fingerprint density at radius 3 is 1.97 bits per heavy atom. The second kappa shape index (κ2) is 13.9. The molecule has 0 unspecified atom stereocenters. The van der Waals surface area contributed by atoms with Crippen LogP contribution < -0.4 is 22.7 Å². The van der Waals surface area contributed by atoms with Gasteiger partial charge in [0.25, 0.3) is 0 Å². The molecule has 0 amide bonds. The van der Waals surface area contributed by atoms with E-state index in [1.807, 2.05) is 17.9 Å². The number of halogens is 1. The molecule has 0 spiro atoms. The van der Waals surface area contributed by atoms with Gasteiger partial charge in [-0.05, 0) is 73.1 Å². The van der Waals surface area contributed by atoms with Gasteiger partial charge >= 0.3 is 5.65 Å². The molecule has 176 valence electrons. The Bertz CT molecular complexity index is 991. The number of allylic oxidation sites excluding steroid dienone is 8. The van der Waals surface area contributed by atoms with Crippen molar-refractivity contribution in [2.45, 2.75) is 79.7 Å². The predicted octanol–water partition coefficient (Wildman–Crippen LogP) is 2.99. The molecular weight excluding hydrogens is 418 g/mol. The van der Waals surface area contributed by atoms with E-state index in [1.54, 1.807) is 0 Å². The summed E-state index contributed by atoms with van der Waals surface area (Å²) in [7, 11) is 1.98. The summed E-state index contributed by atoms with van der Waals surface area (Å²) in [6.07, 6.45) is 19.7. The van der Waals surface area contributed by atoms with Crippen LogP contribution in [0.1, 0.15) is 73.1 Å². The van der Waals surface area contributed by atoms with E-state index in [4.69, 9.17) is 5.73 Å². The first-order valence-electron chi connectivity index (χ1n) is 11.3. The fourth-order valence-corrected chi connectivity index (χ4v) is 3.62. The number of fused-ring (bicyclic) bond motifs is 1. The highest BCUT2D eigenvalue weighted by Crippen LogP contribution is 2.16. The molecular formula is C26H40ClN5. The van der Waals surface area contributed by atoms with Gasteiger partial charge < -0.3 is 18.1 Å². The summed E-state index contributed by atoms with van der Waals surface area (Å²) in [5.41, 5.74) is 13.6. The topological polar surface area (TPSA) is 60.6 Å². The molecule has 32 heavy (non-hydrogen) atoms. The van der Waals surface area contributed by atoms with E-state index in [0.717, 1.165) is 49.8 Å². The van der Waals surface area contributed by atoms with Gasteiger partial charge in [0, 0.05) is 0 Å². The summed E-state index contributed by atoms with van der Waals surface area (Å²) >= 11 is 0. The first-order valence-corrected chi connectivity index (χ1v) is 11.3. The highest BCUT2D eigenvalue weighted by atomic mass is 35.5. The second-order valence-electron chi connectivity index (χ2n) is 8.86. The van der Waals surface area contributed by atoms with Gasteiger partial charge in [0.05, 0.1) is 13.6 Å². The summed E-state index contributed by atoms with van der Waals surface area (Å²) in [5, 5.41) is 0. The Balaban J connectivity index is 0.00000512. The molecule has 2 N–H and O–H groups in total. The molecule has 0 aliphatic rings. The molecule has 0 fully saturated rings. The molecule has 0 radical (unpaired) electrons. The number of nitrogens with zero attached hydrogens (tertiary/aromatic N) is 4. The zero-order valence-electron chi connectivity index (χ0n) is 20.7. The first kappa shape index (κ1) is 27.6. The molecule has 0 aliphatic carbocycles. The van der Waals surface area contributed by atoms with Gasteiger partial charge in [-0.1, -0.05) is 51.6 Å². The fourth-order valence-electron chi connectivity index (χ4n) is 3.62. The Hall–Kier alpha value is -2.40. The number of anilines is 1. The summed E-state index contributed by atoms with van der Waals surface area (Å²) in [6.45, 7) is 11.8. The van der Waals surface area contributed by atoms with Gasteiger partial charge in [0.2, 0.25) is 5.52 Å². The Kier molecular flexibility index (Phi) is 12.0. The quantitative estimate of drug-likeness (QED) is 0.416. The van der Waals surface area contributed by atoms with E-state index in [2.05, 4.69) is 73.5 Å². The van der Waals surface area contributed by atoms with Crippen LogP contribution in [0.15, 0.2) is 59.3 Å². The van der Waals surface area contributed by atoms with Gasteiger partial charge in [-0.15, -0.1) is 0 Å². The first-order chi connectivity index (χ1) is 14.8. The minimum absolute atomic E-state index is 0. The van der Waals surface area contributed by atoms with Crippen molar-refractivity contribution in [3.05, 3.63) is 59.3 Å². The maximum atomic E-state index is 6.06. The molecule has 0 saturated heterocycles. The highest BCUT2D eigenvalue weighted by molar-refractivity contribution is 5.79. The number of hydrogen-bond acceptors (Lipinski definition) is 3. The van der Waals surface area contributed by atoms with E-state index < -0.39 is 0 Å². The Morgan fingerprint density at radius 2 is 1.41 bits per heavy atom. The van der Waals surface area contributed by atoms with Crippen molar-refractivity contribution in [1.82, 2.24) is 14.5 Å². The van der Waals surface area contributed by atoms with E-state index in [0.29, 0.717) is 5.82 Å². The number of aromatic nitrogens is 4. The third-order valence-electron chi connectivity index (χ3n) is 5.56. The normalized spacial score (nSPS) is 12.8. The monoisotopic (exact) mass is 457 g/mol. The molecule has 6 heteroatoms. The molecule has 2 rings (SSSR count). The average Bonchev–Trinajstić information content (AvgIpc) is 3.03. The Morgan fingerprint density at radius 1 is 0.875 bits per heavy atom. The highest BCUT2D eigenvalue weighted by Gasteiger charge is 2.16. The fraction of sp³-hybridized carbons (Fsp3) is 0.500. The Labute approximate surface area is 200 Å². The molecule has 0 saturated carbocycles. The van der Waals surface area contributed by atoms with Crippen molar-refractivity contribution in [2.75, 3.05) is 5.73 Å². The molecule has 2 aromatic heterocycles. The minimum Gasteiger partial charge on any atom is -1.00 e. The molecule has 2 heterocycles. The molecule has 0 bridgehead atoms. The van der Waals surface area contributed by atoms with E-state index >= 15 is 0 Å². The average molecular weight is 458 g/mol. The maximum absolute atomic E-state index is 6.06. The van der Waals surface area contributed by atoms with Crippen LogP contribution in [-0.4, -0.2) is 14.5 Å². The number of nitrogens with two attached hydrogens (primary N) is 1. The van der Waals surface area contributed by atoms with Crippen molar-refractivity contribution in [3.8, 4) is 0 Å². The van der Waals surface area contributed by atoms with Crippen molar-refractivity contribution in [1.29, 1.82) is 0 Å². The lowest BCUT2D eigenvalue weighted by Crippen LogP contribution is -3.00. The third-order valence-corrected chi connectivity index (χ3v) is 5.56. The molecule has 0 aromatic carbocycles. The zero-order chi connectivity index (χ0) is 22.8. The number of hydrogen-bond donors (Lipinski definition) is 1. The van der Waals surface area contributed by atoms with E-state index in [9.17, 15) is 0 Å². The standard InChI is InChI=1S/C26H40N5.ClH/c1-20(2)10-7-11-21(3)12-8-13-22(4)14-9-15-23(5)16-17-31-19-30(6)26-24(31)25(27)28-18-29-26;/h10,12,14,16,18-19H,7-9,11,13,15,17H2,1-6H3,(H2,27,28,29);1H/q+1;/p-1/b21-12+,22-14+,23-16+;. The largest absolute Gasteiger partial charge is 1.00 e. The number of imidazole rings is 1. The lowest BCUT2D eigenvalue weighted by Gasteiger charge is -2.03. The van der Waals surface area contributed by atoms with E-state index in [1.165, 1.54) is 35.0 Å². The summed E-state index contributed by atoms with van der Waals surface area (Å²) < 4.78 is 4.10. The van der Waals surface area contributed by atoms with Gasteiger partial charge in [0.1, 0.15) is 0 Å². The summed E-state index contributed by atoms with van der Waals surface area (Å²) in [5.74, 6) is 0.524. The van der Waals surface area contributed by atoms with Gasteiger partial charge in [-0.2, -0.15) is 4.98 Å². The van der Waals surface area contributed by atoms with Crippen molar-refractivity contribution < 1.29 is 17.0 Å². The van der Waals surface area contributed by atoms with Gasteiger partial charge in [-0.25, -0.2) is 4.57 Å². The van der Waals surface area contributed by atoms with Gasteiger partial charge in [-0.3, -0.25) is 4.57 Å². The molecule has 5 nitrogen and oxygen atoms in total. The third kappa shape index (κ3) is 8.99. The van der Waals surface area contributed by atoms with Crippen molar-refractivity contribution in [3.63, 3.8) is 0 Å². The van der Waals surface area contributed by atoms with Crippen LogP contribution in [-0.2, 0) is 13.6 Å². The van der Waals surface area contributed by atoms with Crippen LogP contribution in [0.2, 0.25) is 0 Å². The van der Waals surface area contributed by atoms with Gasteiger partial charge in [0.15, 0.2) is 18.5 Å². The molecule has 2 aromatic rings. The number of rotatable bonds is 11. The second-order valence-corrected chi connectivity index (χ2v) is 8.86. The lowest BCUT2D eigenvalue weighted by atomic mass is 10.0. The van der Waals surface area contributed by atoms with Crippen LogP contribution in [0.3, 0.4) is 0 Å². The van der Waals surface area contributed by atoms with Crippen LogP contribution in [0.25, 0.3) is 11.2 Å². The van der Waals surface area contributed by atoms with E-state index in [-0.39, 0.29) is 12.4 Å². The number of aryl methyl sites for hydroxylation is 1. The minimum atomic E-state index is 0. The zero-order valence-corrected chi connectivity index (χ0v) is 21.4. The van der Waals surface area contributed by atoms with Crippen LogP contribution in [0, 0.1) is 0 Å². The summed E-state index contributed by atoms with van der Waals surface area (Å²) in [4.78, 5) is 8.46. The summed E-state index contributed by atoms with van der Waals surface area (Å²) in [6, 6.07) is 0. The number of nitrogen functional groups attached to an aromatic ring is 1. The van der Waals surface area contributed by atoms with Crippen LogP contribution in [0.4, 0.5) is 5.82 Å². The van der Waals surface area contributed by atoms with Crippen molar-refractivity contribution >= 4 is 17.0 Å².